The van der Waals surface area contributed by atoms with Gasteiger partial charge in [-0.15, -0.1) is 0 Å². The second kappa shape index (κ2) is 12.1. The Labute approximate surface area is 274 Å². The molecular formula is C29H25ClF3N11O2S. The number of fused-ring (bicyclic) bond motifs is 2. The molecule has 0 spiro atoms. The summed E-state index contributed by atoms with van der Waals surface area (Å²) in [4.78, 5) is 38.8. The van der Waals surface area contributed by atoms with Crippen LogP contribution in [0.25, 0.3) is 37.1 Å². The highest BCUT2D eigenvalue weighted by Crippen LogP contribution is 2.44. The van der Waals surface area contributed by atoms with E-state index in [1.165, 1.54) is 23.6 Å². The molecule has 7 rings (SSSR count). The topological polar surface area (TPSA) is 136 Å². The number of ether oxygens (including phenoxy) is 1. The molecule has 0 saturated carbocycles. The predicted molar refractivity (Wildman–Crippen MR) is 169 cm³/mol. The molecule has 3 aromatic heterocycles. The van der Waals surface area contributed by atoms with Crippen molar-refractivity contribution >= 4 is 61.0 Å². The number of piperazine rings is 1. The Hall–Kier alpha value is -4.79. The molecular weight excluding hydrogens is 659 g/mol. The summed E-state index contributed by atoms with van der Waals surface area (Å²) in [5, 5.41) is 3.80. The van der Waals surface area contributed by atoms with Crippen molar-refractivity contribution in [3.63, 3.8) is 0 Å². The third-order valence-electron chi connectivity index (χ3n) is 8.42. The van der Waals surface area contributed by atoms with E-state index in [1.807, 2.05) is 7.05 Å². The van der Waals surface area contributed by atoms with E-state index in [-0.39, 0.29) is 86.5 Å². The Morgan fingerprint density at radius 3 is 2.70 bits per heavy atom. The minimum Gasteiger partial charge on any atom is -0.462 e. The molecule has 0 unspecified atom stereocenters. The van der Waals surface area contributed by atoms with Gasteiger partial charge in [-0.2, -0.15) is 19.7 Å². The fourth-order valence-corrected chi connectivity index (χ4v) is 7.09. The van der Waals surface area contributed by atoms with Crippen LogP contribution in [0.3, 0.4) is 0 Å². The number of likely N-dealkylation sites (N-methyl/N-ethyl adjacent to an activating group) is 1. The third kappa shape index (κ3) is 5.41. The Morgan fingerprint density at radius 1 is 1.15 bits per heavy atom. The van der Waals surface area contributed by atoms with Crippen molar-refractivity contribution in [2.24, 2.45) is 0 Å². The van der Waals surface area contributed by atoms with Crippen molar-refractivity contribution in [3.8, 4) is 17.1 Å². The highest BCUT2D eigenvalue weighted by atomic mass is 35.5. The number of carbonyl (C=O) groups excluding carboxylic acids is 1. The van der Waals surface area contributed by atoms with E-state index in [9.17, 15) is 9.18 Å². The quantitative estimate of drug-likeness (QED) is 0.261. The normalized spacial score (nSPS) is 18.7. The number of amides is 1. The number of anilines is 2. The van der Waals surface area contributed by atoms with Gasteiger partial charge in [0, 0.05) is 41.7 Å². The van der Waals surface area contributed by atoms with Gasteiger partial charge in [-0.05, 0) is 32.5 Å². The number of nitrogens with zero attached hydrogens (tertiary/aromatic N) is 10. The van der Waals surface area contributed by atoms with Crippen LogP contribution in [0.5, 0.6) is 6.01 Å². The zero-order chi connectivity index (χ0) is 33.0. The van der Waals surface area contributed by atoms with E-state index in [4.69, 9.17) is 28.6 Å². The van der Waals surface area contributed by atoms with Crippen molar-refractivity contribution in [1.29, 1.82) is 0 Å². The first-order valence-electron chi connectivity index (χ1n) is 14.5. The van der Waals surface area contributed by atoms with Crippen molar-refractivity contribution in [2.45, 2.75) is 25.0 Å². The maximum atomic E-state index is 16.7. The Morgan fingerprint density at radius 2 is 1.98 bits per heavy atom. The number of nitrogens with two attached hydrogens (primary N) is 1. The van der Waals surface area contributed by atoms with Gasteiger partial charge in [-0.1, -0.05) is 22.9 Å². The number of rotatable bonds is 5. The van der Waals surface area contributed by atoms with Gasteiger partial charge in [0.2, 0.25) is 0 Å². The lowest BCUT2D eigenvalue weighted by Gasteiger charge is -2.35. The van der Waals surface area contributed by atoms with Gasteiger partial charge < -0.3 is 20.3 Å². The van der Waals surface area contributed by atoms with Gasteiger partial charge in [0.05, 0.1) is 15.2 Å². The molecule has 2 aliphatic rings. The van der Waals surface area contributed by atoms with Crippen LogP contribution < -0.4 is 15.4 Å². The molecule has 2 saturated heterocycles. The van der Waals surface area contributed by atoms with Crippen LogP contribution in [-0.2, 0) is 0 Å². The second-order valence-corrected chi connectivity index (χ2v) is 12.6. The average Bonchev–Trinajstić information content (AvgIpc) is 3.82. The van der Waals surface area contributed by atoms with Crippen LogP contribution in [0.2, 0.25) is 5.02 Å². The number of hydrogen-bond donors (Lipinski definition) is 1. The lowest BCUT2D eigenvalue weighted by atomic mass is 10.0. The maximum Gasteiger partial charge on any atom is 0.352 e. The summed E-state index contributed by atoms with van der Waals surface area (Å²) in [6, 6.07) is 1.47. The molecule has 5 aromatic rings. The van der Waals surface area contributed by atoms with Crippen molar-refractivity contribution in [1.82, 2.24) is 39.5 Å². The fourth-order valence-electron chi connectivity index (χ4n) is 6.05. The number of hydrogen-bond acceptors (Lipinski definition) is 11. The maximum absolute atomic E-state index is 16.7. The number of halogens is 4. The number of carbonyl (C=O) groups is 1. The Kier molecular flexibility index (Phi) is 7.94. The lowest BCUT2D eigenvalue weighted by molar-refractivity contribution is 0.176. The largest absolute Gasteiger partial charge is 0.462 e. The predicted octanol–water partition coefficient (Wildman–Crippen LogP) is 4.66. The van der Waals surface area contributed by atoms with E-state index >= 15 is 8.78 Å². The van der Waals surface area contributed by atoms with E-state index in [0.29, 0.717) is 6.07 Å². The second-order valence-electron chi connectivity index (χ2n) is 11.2. The zero-order valence-corrected chi connectivity index (χ0v) is 26.3. The minimum atomic E-state index is -1.08. The van der Waals surface area contributed by atoms with Gasteiger partial charge in [0.1, 0.15) is 48.8 Å². The molecule has 13 nitrogen and oxygen atoms in total. The van der Waals surface area contributed by atoms with Crippen molar-refractivity contribution in [2.75, 3.05) is 50.5 Å². The molecule has 2 aromatic carbocycles. The van der Waals surface area contributed by atoms with Crippen molar-refractivity contribution in [3.05, 3.63) is 58.7 Å². The zero-order valence-electron chi connectivity index (χ0n) is 24.7. The third-order valence-corrected chi connectivity index (χ3v) is 9.61. The van der Waals surface area contributed by atoms with E-state index in [2.05, 4.69) is 34.8 Å². The summed E-state index contributed by atoms with van der Waals surface area (Å²) in [6.07, 6.45) is 3.42. The SMILES string of the molecule is [C-]#[N+][C@H]1CN(c2nc(OC[C@@H]3CCCN3C)nc3c(F)c(-c4c(F)cc(F)c5sc(N)nc45)c(Cl)cc23)CCN1C(=O)n1cncn1. The highest BCUT2D eigenvalue weighted by Gasteiger charge is 2.38. The van der Waals surface area contributed by atoms with Crippen LogP contribution in [0.1, 0.15) is 12.8 Å². The molecule has 47 heavy (non-hydrogen) atoms. The first kappa shape index (κ1) is 30.8. The number of likely N-dealkylation sites (tertiary alicyclic amines) is 1. The molecule has 2 atom stereocenters. The van der Waals surface area contributed by atoms with Crippen LogP contribution in [-0.4, -0.2) is 97.6 Å². The fraction of sp³-hybridized carbons (Fsp3) is 0.345. The summed E-state index contributed by atoms with van der Waals surface area (Å²) in [7, 11) is 1.98. The molecule has 0 aliphatic carbocycles. The number of aromatic nitrogens is 6. The van der Waals surface area contributed by atoms with Gasteiger partial charge >= 0.3 is 18.2 Å². The molecule has 242 valence electrons. The summed E-state index contributed by atoms with van der Waals surface area (Å²) < 4.78 is 53.8. The molecule has 0 bridgehead atoms. The summed E-state index contributed by atoms with van der Waals surface area (Å²) >= 11 is 7.47. The smallest absolute Gasteiger partial charge is 0.352 e. The van der Waals surface area contributed by atoms with Gasteiger partial charge in [0.25, 0.3) is 0 Å². The lowest BCUT2D eigenvalue weighted by Crippen LogP contribution is -2.55. The highest BCUT2D eigenvalue weighted by molar-refractivity contribution is 7.22. The Bertz CT molecular complexity index is 2070. The summed E-state index contributed by atoms with van der Waals surface area (Å²) in [5.41, 5.74) is 4.67. The molecule has 0 radical (unpaired) electrons. The van der Waals surface area contributed by atoms with Crippen LogP contribution in [0.4, 0.5) is 28.9 Å². The van der Waals surface area contributed by atoms with Crippen molar-refractivity contribution < 1.29 is 22.7 Å². The molecule has 18 heteroatoms. The average molecular weight is 684 g/mol. The van der Waals surface area contributed by atoms with Gasteiger partial charge in [0.15, 0.2) is 10.9 Å². The molecule has 2 aliphatic heterocycles. The standard InChI is InChI=1S/C29H25ClF3N11O2S/c1-35-19-10-42(6-7-43(19)29(45)44-13-36-12-37-44)26-15-8-16(30)20(21-17(31)9-18(32)25-24(21)38-27(34)47-25)22(33)23(15)39-28(40-26)46-11-14-4-3-5-41(14)2/h8-9,12-14,19H,3-7,10-11H2,2H3,(H2,34,38)/t14-,19+/m0/s1. The number of thiazole rings is 1. The van der Waals surface area contributed by atoms with E-state index < -0.39 is 29.6 Å². The number of nitrogen functional groups attached to an aromatic ring is 1. The molecule has 2 N–H and O–H groups in total. The monoisotopic (exact) mass is 683 g/mol. The van der Waals surface area contributed by atoms with Gasteiger partial charge in [-0.25, -0.2) is 39.4 Å². The van der Waals surface area contributed by atoms with E-state index in [0.717, 1.165) is 35.4 Å². The number of benzene rings is 2. The van der Waals surface area contributed by atoms with Crippen LogP contribution in [0.15, 0.2) is 24.8 Å². The molecule has 5 heterocycles. The first-order chi connectivity index (χ1) is 22.6. The summed E-state index contributed by atoms with van der Waals surface area (Å²) in [5.74, 6) is -2.76. The Balaban J connectivity index is 1.34. The first-order valence-corrected chi connectivity index (χ1v) is 15.7. The van der Waals surface area contributed by atoms with Crippen LogP contribution in [0, 0.1) is 24.0 Å². The minimum absolute atomic E-state index is 0.00710. The molecule has 2 fully saturated rings. The molecule has 1 amide bonds. The van der Waals surface area contributed by atoms with Gasteiger partial charge in [-0.3, -0.25) is 4.85 Å². The van der Waals surface area contributed by atoms with Crippen LogP contribution >= 0.6 is 22.9 Å². The van der Waals surface area contributed by atoms with E-state index in [1.54, 1.807) is 4.90 Å². The summed E-state index contributed by atoms with van der Waals surface area (Å²) in [6.45, 7) is 9.28.